The second kappa shape index (κ2) is 6.11. The summed E-state index contributed by atoms with van der Waals surface area (Å²) in [7, 11) is 1.94. The molecule has 0 spiro atoms. The van der Waals surface area contributed by atoms with Gasteiger partial charge in [-0.3, -0.25) is 0 Å². The Bertz CT molecular complexity index is 385. The largest absolute Gasteiger partial charge is 0.375 e. The Kier molecular flexibility index (Phi) is 4.49. The summed E-state index contributed by atoms with van der Waals surface area (Å²) in [6, 6.07) is 0.409. The Balaban J connectivity index is 2.26. The van der Waals surface area contributed by atoms with Gasteiger partial charge in [-0.05, 0) is 20.4 Å². The van der Waals surface area contributed by atoms with Crippen LogP contribution in [-0.4, -0.2) is 42.3 Å². The molecular weight excluding hydrogens is 228 g/mol. The van der Waals surface area contributed by atoms with Crippen LogP contribution in [0.25, 0.3) is 0 Å². The predicted molar refractivity (Wildman–Crippen MR) is 71.6 cm³/mol. The van der Waals surface area contributed by atoms with Crippen LogP contribution in [0.2, 0.25) is 0 Å². The van der Waals surface area contributed by atoms with Gasteiger partial charge in [-0.15, -0.1) is 0 Å². The Labute approximate surface area is 109 Å². The third-order valence-corrected chi connectivity index (χ3v) is 3.34. The first-order valence-electron chi connectivity index (χ1n) is 6.58. The van der Waals surface area contributed by atoms with Gasteiger partial charge in [0.15, 0.2) is 0 Å². The third kappa shape index (κ3) is 2.79. The molecule has 18 heavy (non-hydrogen) atoms. The number of hydrogen-bond acceptors (Lipinski definition) is 5. The number of nitrogens with one attached hydrogen (secondary N) is 1. The summed E-state index contributed by atoms with van der Waals surface area (Å²) < 4.78 is 5.73. The lowest BCUT2D eigenvalue weighted by molar-refractivity contribution is 0.0295. The maximum Gasteiger partial charge on any atom is 0.136 e. The normalized spacial score (nSPS) is 24.3. The minimum absolute atomic E-state index is 0.255. The zero-order valence-electron chi connectivity index (χ0n) is 11.4. The molecule has 100 valence electrons. The average molecular weight is 250 g/mol. The van der Waals surface area contributed by atoms with E-state index in [-0.39, 0.29) is 6.10 Å². The third-order valence-electron chi connectivity index (χ3n) is 3.34. The van der Waals surface area contributed by atoms with Crippen LogP contribution in [0.5, 0.6) is 0 Å². The van der Waals surface area contributed by atoms with E-state index in [0.717, 1.165) is 37.5 Å². The highest BCUT2D eigenvalue weighted by Crippen LogP contribution is 2.24. The van der Waals surface area contributed by atoms with Gasteiger partial charge in [0.1, 0.15) is 12.1 Å². The predicted octanol–water partition coefficient (Wildman–Crippen LogP) is 1.20. The molecule has 1 saturated heterocycles. The Morgan fingerprint density at radius 1 is 1.56 bits per heavy atom. The van der Waals surface area contributed by atoms with Crippen molar-refractivity contribution >= 4 is 5.82 Å². The van der Waals surface area contributed by atoms with Crippen molar-refractivity contribution < 1.29 is 4.74 Å². The molecule has 2 unspecified atom stereocenters. The van der Waals surface area contributed by atoms with Gasteiger partial charge >= 0.3 is 0 Å². The van der Waals surface area contributed by atoms with E-state index in [0.29, 0.717) is 6.04 Å². The summed E-state index contributed by atoms with van der Waals surface area (Å²) in [5.74, 6) is 1.04. The maximum atomic E-state index is 5.73. The molecule has 5 nitrogen and oxygen atoms in total. The highest BCUT2D eigenvalue weighted by atomic mass is 16.5. The maximum absolute atomic E-state index is 5.73. The number of ether oxygens (including phenoxy) is 1. The second-order valence-electron chi connectivity index (χ2n) is 4.76. The number of nitrogens with zero attached hydrogens (tertiary/aromatic N) is 3. The summed E-state index contributed by atoms with van der Waals surface area (Å²) in [5, 5.41) is 3.17. The zero-order chi connectivity index (χ0) is 13.0. The summed E-state index contributed by atoms with van der Waals surface area (Å²) in [5.41, 5.74) is 1.15. The number of rotatable bonds is 4. The van der Waals surface area contributed by atoms with Crippen molar-refractivity contribution in [1.29, 1.82) is 0 Å². The topological polar surface area (TPSA) is 50.3 Å². The van der Waals surface area contributed by atoms with E-state index in [9.17, 15) is 0 Å². The Morgan fingerprint density at radius 3 is 3.11 bits per heavy atom. The second-order valence-corrected chi connectivity index (χ2v) is 4.76. The number of aromatic nitrogens is 2. The molecule has 0 radical (unpaired) electrons. The number of hydrogen-bond donors (Lipinski definition) is 1. The molecule has 0 amide bonds. The molecule has 0 bridgehead atoms. The van der Waals surface area contributed by atoms with Gasteiger partial charge in [-0.25, -0.2) is 9.97 Å². The van der Waals surface area contributed by atoms with Gasteiger partial charge in [0.05, 0.1) is 18.8 Å². The Morgan fingerprint density at radius 2 is 2.39 bits per heavy atom. The lowest BCUT2D eigenvalue weighted by Crippen LogP contribution is -2.49. The van der Waals surface area contributed by atoms with Crippen molar-refractivity contribution in [3.8, 4) is 0 Å². The van der Waals surface area contributed by atoms with Crippen LogP contribution >= 0.6 is 0 Å². The first-order valence-corrected chi connectivity index (χ1v) is 6.58. The molecule has 2 heterocycles. The molecule has 1 fully saturated rings. The van der Waals surface area contributed by atoms with Crippen LogP contribution < -0.4 is 10.2 Å². The van der Waals surface area contributed by atoms with Crippen molar-refractivity contribution in [2.45, 2.75) is 39.0 Å². The highest BCUT2D eigenvalue weighted by molar-refractivity contribution is 5.47. The monoisotopic (exact) mass is 250 g/mol. The molecule has 2 atom stereocenters. The summed E-state index contributed by atoms with van der Waals surface area (Å²) in [6.07, 6.45) is 4.84. The van der Waals surface area contributed by atoms with Gasteiger partial charge in [-0.2, -0.15) is 0 Å². The van der Waals surface area contributed by atoms with E-state index in [2.05, 4.69) is 34.0 Å². The van der Waals surface area contributed by atoms with Gasteiger partial charge in [0, 0.05) is 24.8 Å². The van der Waals surface area contributed by atoms with Crippen molar-refractivity contribution in [2.24, 2.45) is 0 Å². The quantitative estimate of drug-likeness (QED) is 0.870. The van der Waals surface area contributed by atoms with Crippen LogP contribution in [0.4, 0.5) is 5.82 Å². The summed E-state index contributed by atoms with van der Waals surface area (Å²) in [4.78, 5) is 11.0. The number of anilines is 1. The van der Waals surface area contributed by atoms with Crippen LogP contribution in [0.1, 0.15) is 25.8 Å². The first kappa shape index (κ1) is 13.2. The van der Waals surface area contributed by atoms with E-state index in [1.807, 2.05) is 13.2 Å². The average Bonchev–Trinajstić information content (AvgIpc) is 2.40. The van der Waals surface area contributed by atoms with Crippen molar-refractivity contribution in [1.82, 2.24) is 15.3 Å². The van der Waals surface area contributed by atoms with Crippen molar-refractivity contribution in [3.63, 3.8) is 0 Å². The fraction of sp³-hybridized carbons (Fsp3) is 0.692. The van der Waals surface area contributed by atoms with E-state index < -0.39 is 0 Å². The highest BCUT2D eigenvalue weighted by Gasteiger charge is 2.27. The zero-order valence-corrected chi connectivity index (χ0v) is 11.4. The standard InChI is InChI=1S/C13H22N4O/c1-4-12-8-18-10(2)7-17(12)13-11(5-14-3)6-15-9-16-13/h6,9-10,12,14H,4-5,7-8H2,1-3H3. The fourth-order valence-corrected chi connectivity index (χ4v) is 2.37. The van der Waals surface area contributed by atoms with Crippen LogP contribution in [0, 0.1) is 0 Å². The lowest BCUT2D eigenvalue weighted by Gasteiger charge is -2.39. The van der Waals surface area contributed by atoms with Crippen LogP contribution in [-0.2, 0) is 11.3 Å². The summed E-state index contributed by atoms with van der Waals surface area (Å²) >= 11 is 0. The van der Waals surface area contributed by atoms with Crippen molar-refractivity contribution in [3.05, 3.63) is 18.1 Å². The van der Waals surface area contributed by atoms with Gasteiger partial charge < -0.3 is 15.0 Å². The van der Waals surface area contributed by atoms with Gasteiger partial charge in [0.2, 0.25) is 0 Å². The molecular formula is C13H22N4O. The minimum Gasteiger partial charge on any atom is -0.375 e. The molecule has 1 aliphatic heterocycles. The molecule has 0 saturated carbocycles. The summed E-state index contributed by atoms with van der Waals surface area (Å²) in [6.45, 7) is 6.76. The van der Waals surface area contributed by atoms with E-state index in [1.54, 1.807) is 6.33 Å². The Hall–Kier alpha value is -1.20. The van der Waals surface area contributed by atoms with Crippen LogP contribution in [0.15, 0.2) is 12.5 Å². The lowest BCUT2D eigenvalue weighted by atomic mass is 10.1. The SMILES string of the molecule is CCC1COC(C)CN1c1ncncc1CNC. The fourth-order valence-electron chi connectivity index (χ4n) is 2.37. The van der Waals surface area contributed by atoms with Crippen molar-refractivity contribution in [2.75, 3.05) is 25.1 Å². The molecule has 0 aliphatic carbocycles. The first-order chi connectivity index (χ1) is 8.76. The van der Waals surface area contributed by atoms with E-state index in [1.165, 1.54) is 0 Å². The molecule has 1 N–H and O–H groups in total. The minimum atomic E-state index is 0.255. The smallest absolute Gasteiger partial charge is 0.136 e. The molecule has 5 heteroatoms. The van der Waals surface area contributed by atoms with Gasteiger partial charge in [0.25, 0.3) is 0 Å². The molecule has 1 aromatic rings. The van der Waals surface area contributed by atoms with E-state index >= 15 is 0 Å². The molecule has 2 rings (SSSR count). The number of morpholine rings is 1. The molecule has 1 aromatic heterocycles. The van der Waals surface area contributed by atoms with Crippen LogP contribution in [0.3, 0.4) is 0 Å². The van der Waals surface area contributed by atoms with Gasteiger partial charge in [-0.1, -0.05) is 6.92 Å². The molecule has 0 aromatic carbocycles. The van der Waals surface area contributed by atoms with E-state index in [4.69, 9.17) is 4.74 Å². The molecule has 1 aliphatic rings.